The van der Waals surface area contributed by atoms with Crippen LogP contribution in [0, 0.1) is 0 Å². The van der Waals surface area contributed by atoms with Gasteiger partial charge in [-0.05, 0) is 36.9 Å². The number of nitrogens with one attached hydrogen (secondary N) is 1. The highest BCUT2D eigenvalue weighted by molar-refractivity contribution is 7.09. The molecular formula is C15H21N3S. The molecule has 0 saturated carbocycles. The minimum atomic E-state index is 0.929. The van der Waals surface area contributed by atoms with Gasteiger partial charge in [0.25, 0.3) is 0 Å². The fourth-order valence-corrected chi connectivity index (χ4v) is 2.62. The first-order valence-corrected chi connectivity index (χ1v) is 7.69. The van der Waals surface area contributed by atoms with E-state index in [1.165, 1.54) is 4.88 Å². The van der Waals surface area contributed by atoms with Crippen LogP contribution in [0.2, 0.25) is 0 Å². The normalized spacial score (nSPS) is 10.4. The molecule has 0 aromatic carbocycles. The fourth-order valence-electron chi connectivity index (χ4n) is 1.90. The van der Waals surface area contributed by atoms with E-state index in [1.807, 2.05) is 6.07 Å². The van der Waals surface area contributed by atoms with E-state index in [0.717, 1.165) is 37.7 Å². The van der Waals surface area contributed by atoms with Gasteiger partial charge < -0.3 is 10.2 Å². The average Bonchev–Trinajstić information content (AvgIpc) is 2.96. The van der Waals surface area contributed by atoms with Crippen LogP contribution < -0.4 is 10.2 Å². The van der Waals surface area contributed by atoms with Crippen molar-refractivity contribution in [2.45, 2.75) is 26.8 Å². The largest absolute Gasteiger partial charge is 0.370 e. The standard InChI is InChI=1S/C15H21N3S/c1-3-10-16-14-8-5-9-15(17-14)18(4-2)12-13-7-6-11-19-13/h5-9,11H,3-4,10,12H2,1-2H3,(H,16,17). The summed E-state index contributed by atoms with van der Waals surface area (Å²) in [6.45, 7) is 7.18. The summed E-state index contributed by atoms with van der Waals surface area (Å²) in [6.07, 6.45) is 1.11. The number of hydrogen-bond acceptors (Lipinski definition) is 4. The maximum Gasteiger partial charge on any atom is 0.131 e. The van der Waals surface area contributed by atoms with E-state index in [0.29, 0.717) is 0 Å². The highest BCUT2D eigenvalue weighted by Gasteiger charge is 2.08. The maximum atomic E-state index is 4.68. The summed E-state index contributed by atoms with van der Waals surface area (Å²) in [4.78, 5) is 8.35. The maximum absolute atomic E-state index is 4.68. The lowest BCUT2D eigenvalue weighted by atomic mass is 10.3. The van der Waals surface area contributed by atoms with Gasteiger partial charge in [0.2, 0.25) is 0 Å². The van der Waals surface area contributed by atoms with Crippen LogP contribution in [-0.2, 0) is 6.54 Å². The molecule has 2 aromatic rings. The Morgan fingerprint density at radius 1 is 1.21 bits per heavy atom. The third kappa shape index (κ3) is 3.96. The van der Waals surface area contributed by atoms with Gasteiger partial charge >= 0.3 is 0 Å². The number of anilines is 2. The van der Waals surface area contributed by atoms with Gasteiger partial charge in [-0.2, -0.15) is 0 Å². The minimum Gasteiger partial charge on any atom is -0.370 e. The third-order valence-corrected chi connectivity index (χ3v) is 3.78. The van der Waals surface area contributed by atoms with E-state index in [-0.39, 0.29) is 0 Å². The lowest BCUT2D eigenvalue weighted by Crippen LogP contribution is -2.22. The smallest absolute Gasteiger partial charge is 0.131 e. The van der Waals surface area contributed by atoms with Gasteiger partial charge in [0.1, 0.15) is 11.6 Å². The molecule has 0 unspecified atom stereocenters. The van der Waals surface area contributed by atoms with E-state index >= 15 is 0 Å². The SMILES string of the molecule is CCCNc1cccc(N(CC)Cc2cccs2)n1. The third-order valence-electron chi connectivity index (χ3n) is 2.92. The molecule has 102 valence electrons. The Kier molecular flexibility index (Phi) is 5.21. The predicted octanol–water partition coefficient (Wildman–Crippen LogP) is 3.99. The molecular weight excluding hydrogens is 254 g/mol. The Bertz CT molecular complexity index is 482. The second-order valence-electron chi connectivity index (χ2n) is 4.40. The monoisotopic (exact) mass is 275 g/mol. The molecule has 0 aliphatic carbocycles. The molecule has 0 fully saturated rings. The molecule has 0 amide bonds. The highest BCUT2D eigenvalue weighted by atomic mass is 32.1. The number of nitrogens with zero attached hydrogens (tertiary/aromatic N) is 2. The van der Waals surface area contributed by atoms with Gasteiger partial charge in [-0.25, -0.2) is 4.98 Å². The van der Waals surface area contributed by atoms with Gasteiger partial charge in [0.05, 0.1) is 6.54 Å². The molecule has 0 atom stereocenters. The van der Waals surface area contributed by atoms with E-state index in [9.17, 15) is 0 Å². The predicted molar refractivity (Wildman–Crippen MR) is 84.1 cm³/mol. The number of rotatable bonds is 7. The van der Waals surface area contributed by atoms with Crippen LogP contribution in [0.25, 0.3) is 0 Å². The lowest BCUT2D eigenvalue weighted by Gasteiger charge is -2.21. The summed E-state index contributed by atoms with van der Waals surface area (Å²) in [5.41, 5.74) is 0. The first kappa shape index (κ1) is 13.9. The van der Waals surface area contributed by atoms with Crippen LogP contribution in [0.1, 0.15) is 25.1 Å². The van der Waals surface area contributed by atoms with Crippen molar-refractivity contribution < 1.29 is 0 Å². The zero-order valence-corrected chi connectivity index (χ0v) is 12.4. The van der Waals surface area contributed by atoms with Crippen LogP contribution in [-0.4, -0.2) is 18.1 Å². The molecule has 19 heavy (non-hydrogen) atoms. The molecule has 0 saturated heterocycles. The Morgan fingerprint density at radius 2 is 2.11 bits per heavy atom. The van der Waals surface area contributed by atoms with Gasteiger partial charge in [-0.3, -0.25) is 0 Å². The van der Waals surface area contributed by atoms with Gasteiger partial charge in [0, 0.05) is 18.0 Å². The van der Waals surface area contributed by atoms with Crippen molar-refractivity contribution in [2.75, 3.05) is 23.3 Å². The molecule has 4 heteroatoms. The first-order chi connectivity index (χ1) is 9.33. The Labute approximate surface area is 119 Å². The second kappa shape index (κ2) is 7.14. The molecule has 2 heterocycles. The average molecular weight is 275 g/mol. The molecule has 2 rings (SSSR count). The van der Waals surface area contributed by atoms with Crippen LogP contribution in [0.15, 0.2) is 35.7 Å². The lowest BCUT2D eigenvalue weighted by molar-refractivity contribution is 0.823. The highest BCUT2D eigenvalue weighted by Crippen LogP contribution is 2.19. The first-order valence-electron chi connectivity index (χ1n) is 6.81. The van der Waals surface area contributed by atoms with Crippen molar-refractivity contribution in [1.82, 2.24) is 4.98 Å². The Balaban J connectivity index is 2.09. The summed E-state index contributed by atoms with van der Waals surface area (Å²) < 4.78 is 0. The molecule has 1 N–H and O–H groups in total. The summed E-state index contributed by atoms with van der Waals surface area (Å²) >= 11 is 1.79. The number of thiophene rings is 1. The summed E-state index contributed by atoms with van der Waals surface area (Å²) in [5, 5.41) is 5.46. The number of pyridine rings is 1. The Morgan fingerprint density at radius 3 is 2.79 bits per heavy atom. The van der Waals surface area contributed by atoms with Crippen molar-refractivity contribution in [3.8, 4) is 0 Å². The molecule has 0 radical (unpaired) electrons. The molecule has 3 nitrogen and oxygen atoms in total. The summed E-state index contributed by atoms with van der Waals surface area (Å²) in [6, 6.07) is 10.4. The Hall–Kier alpha value is -1.55. The van der Waals surface area contributed by atoms with Gasteiger partial charge in [-0.15, -0.1) is 11.3 Å². The van der Waals surface area contributed by atoms with Crippen LogP contribution in [0.5, 0.6) is 0 Å². The van der Waals surface area contributed by atoms with Crippen LogP contribution in [0.3, 0.4) is 0 Å². The summed E-state index contributed by atoms with van der Waals surface area (Å²) in [5.74, 6) is 2.00. The number of aromatic nitrogens is 1. The minimum absolute atomic E-state index is 0.929. The van der Waals surface area contributed by atoms with E-state index in [1.54, 1.807) is 11.3 Å². The molecule has 0 bridgehead atoms. The topological polar surface area (TPSA) is 28.2 Å². The molecule has 0 spiro atoms. The van der Waals surface area contributed by atoms with E-state index in [2.05, 4.69) is 58.7 Å². The quantitative estimate of drug-likeness (QED) is 0.828. The van der Waals surface area contributed by atoms with E-state index in [4.69, 9.17) is 0 Å². The van der Waals surface area contributed by atoms with Crippen LogP contribution >= 0.6 is 11.3 Å². The van der Waals surface area contributed by atoms with Crippen molar-refractivity contribution in [3.63, 3.8) is 0 Å². The zero-order valence-electron chi connectivity index (χ0n) is 11.6. The van der Waals surface area contributed by atoms with Crippen molar-refractivity contribution >= 4 is 23.0 Å². The zero-order chi connectivity index (χ0) is 13.5. The fraction of sp³-hybridized carbons (Fsp3) is 0.400. The number of hydrogen-bond donors (Lipinski definition) is 1. The van der Waals surface area contributed by atoms with Crippen molar-refractivity contribution in [1.29, 1.82) is 0 Å². The van der Waals surface area contributed by atoms with Crippen molar-refractivity contribution in [3.05, 3.63) is 40.6 Å². The van der Waals surface area contributed by atoms with Crippen LogP contribution in [0.4, 0.5) is 11.6 Å². The van der Waals surface area contributed by atoms with E-state index < -0.39 is 0 Å². The second-order valence-corrected chi connectivity index (χ2v) is 5.43. The van der Waals surface area contributed by atoms with Crippen molar-refractivity contribution in [2.24, 2.45) is 0 Å². The molecule has 2 aromatic heterocycles. The van der Waals surface area contributed by atoms with Gasteiger partial charge in [-0.1, -0.05) is 19.1 Å². The molecule has 0 aliphatic heterocycles. The summed E-state index contributed by atoms with van der Waals surface area (Å²) in [7, 11) is 0. The molecule has 0 aliphatic rings. The van der Waals surface area contributed by atoms with Gasteiger partial charge in [0.15, 0.2) is 0 Å².